The largest absolute Gasteiger partial charge is 0.489 e. The number of carbonyl (C=O) groups is 1. The van der Waals surface area contributed by atoms with Crippen molar-refractivity contribution >= 4 is 16.9 Å². The van der Waals surface area contributed by atoms with Gasteiger partial charge in [0.1, 0.15) is 12.4 Å². The third-order valence-corrected chi connectivity index (χ3v) is 5.19. The Kier molecular flexibility index (Phi) is 5.90. The highest BCUT2D eigenvalue weighted by atomic mass is 19.4. The standard InChI is InChI=1S/C25H20F3NO3/c26-25(27,28)21-6-4-18(5-7-21)19-3-1-2-17(14-19)16-32-22-8-9-23-20(15-22)10-12-29(23)13-11-24(30)31/h1-10,12,14-15H,11,13,16H2,(H,30,31). The van der Waals surface area contributed by atoms with Gasteiger partial charge in [-0.25, -0.2) is 0 Å². The maximum Gasteiger partial charge on any atom is 0.416 e. The molecule has 0 aliphatic heterocycles. The van der Waals surface area contributed by atoms with E-state index < -0.39 is 17.7 Å². The van der Waals surface area contributed by atoms with Gasteiger partial charge in [0.05, 0.1) is 12.0 Å². The number of carboxylic acid groups (broad SMARTS) is 1. The number of carboxylic acids is 1. The van der Waals surface area contributed by atoms with Gasteiger partial charge in [-0.3, -0.25) is 4.79 Å². The molecule has 7 heteroatoms. The van der Waals surface area contributed by atoms with Gasteiger partial charge in [-0.2, -0.15) is 13.2 Å². The lowest BCUT2D eigenvalue weighted by molar-refractivity contribution is -0.138. The van der Waals surface area contributed by atoms with Gasteiger partial charge in [0.2, 0.25) is 0 Å². The number of alkyl halides is 3. The van der Waals surface area contributed by atoms with Crippen molar-refractivity contribution in [3.05, 3.63) is 90.1 Å². The first-order valence-corrected chi connectivity index (χ1v) is 10.00. The van der Waals surface area contributed by atoms with E-state index in [0.717, 1.165) is 34.2 Å². The molecule has 0 aliphatic rings. The first-order chi connectivity index (χ1) is 15.3. The number of aryl methyl sites for hydroxylation is 1. The van der Waals surface area contributed by atoms with E-state index in [1.165, 1.54) is 12.1 Å². The van der Waals surface area contributed by atoms with E-state index >= 15 is 0 Å². The minimum absolute atomic E-state index is 0.0529. The molecular weight excluding hydrogens is 419 g/mol. The Morgan fingerprint density at radius 1 is 0.938 bits per heavy atom. The molecule has 0 amide bonds. The predicted molar refractivity (Wildman–Crippen MR) is 115 cm³/mol. The molecule has 4 nitrogen and oxygen atoms in total. The lowest BCUT2D eigenvalue weighted by Crippen LogP contribution is -2.04. The quantitative estimate of drug-likeness (QED) is 0.364. The van der Waals surface area contributed by atoms with E-state index in [1.807, 2.05) is 59.3 Å². The lowest BCUT2D eigenvalue weighted by atomic mass is 10.0. The summed E-state index contributed by atoms with van der Waals surface area (Å²) in [4.78, 5) is 10.8. The van der Waals surface area contributed by atoms with Crippen LogP contribution in [-0.2, 0) is 24.1 Å². The van der Waals surface area contributed by atoms with Gasteiger partial charge in [0.15, 0.2) is 0 Å². The summed E-state index contributed by atoms with van der Waals surface area (Å²) in [5.74, 6) is -0.168. The number of ether oxygens (including phenoxy) is 1. The van der Waals surface area contributed by atoms with Crippen molar-refractivity contribution in [1.82, 2.24) is 4.57 Å². The number of hydrogen-bond acceptors (Lipinski definition) is 2. The fourth-order valence-electron chi connectivity index (χ4n) is 3.54. The summed E-state index contributed by atoms with van der Waals surface area (Å²) in [7, 11) is 0. The van der Waals surface area contributed by atoms with Crippen LogP contribution in [0.25, 0.3) is 22.0 Å². The van der Waals surface area contributed by atoms with Crippen LogP contribution in [0.2, 0.25) is 0 Å². The van der Waals surface area contributed by atoms with Crippen molar-refractivity contribution < 1.29 is 27.8 Å². The van der Waals surface area contributed by atoms with Crippen LogP contribution in [0.3, 0.4) is 0 Å². The molecule has 0 spiro atoms. The summed E-state index contributed by atoms with van der Waals surface area (Å²) < 4.78 is 46.1. The second-order valence-corrected chi connectivity index (χ2v) is 7.44. The van der Waals surface area contributed by atoms with Crippen LogP contribution in [0.1, 0.15) is 17.5 Å². The van der Waals surface area contributed by atoms with Crippen molar-refractivity contribution in [3.63, 3.8) is 0 Å². The number of aliphatic carboxylic acids is 1. The van der Waals surface area contributed by atoms with Gasteiger partial charge in [-0.05, 0) is 59.2 Å². The Labute approximate surface area is 182 Å². The van der Waals surface area contributed by atoms with Gasteiger partial charge < -0.3 is 14.4 Å². The van der Waals surface area contributed by atoms with E-state index in [9.17, 15) is 18.0 Å². The molecule has 0 aliphatic carbocycles. The first kappa shape index (κ1) is 21.5. The van der Waals surface area contributed by atoms with Crippen molar-refractivity contribution in [3.8, 4) is 16.9 Å². The fraction of sp³-hybridized carbons (Fsp3) is 0.160. The minimum atomic E-state index is -4.35. The molecule has 3 aromatic carbocycles. The molecule has 0 unspecified atom stereocenters. The molecule has 32 heavy (non-hydrogen) atoms. The topological polar surface area (TPSA) is 51.5 Å². The van der Waals surface area contributed by atoms with Crippen LogP contribution in [0.15, 0.2) is 79.0 Å². The molecular formula is C25H20F3NO3. The van der Waals surface area contributed by atoms with Crippen LogP contribution in [0.5, 0.6) is 5.75 Å². The van der Waals surface area contributed by atoms with Gasteiger partial charge in [-0.15, -0.1) is 0 Å². The molecule has 1 aromatic heterocycles. The lowest BCUT2D eigenvalue weighted by Gasteiger charge is -2.10. The highest BCUT2D eigenvalue weighted by Gasteiger charge is 2.29. The number of hydrogen-bond donors (Lipinski definition) is 1. The van der Waals surface area contributed by atoms with Crippen LogP contribution in [-0.4, -0.2) is 15.6 Å². The normalized spacial score (nSPS) is 11.6. The number of rotatable bonds is 7. The summed E-state index contributed by atoms with van der Waals surface area (Å²) in [5.41, 5.74) is 2.66. The molecule has 4 rings (SSSR count). The second kappa shape index (κ2) is 8.78. The molecule has 1 heterocycles. The summed E-state index contributed by atoms with van der Waals surface area (Å²) in [6, 6.07) is 20.1. The fourth-order valence-corrected chi connectivity index (χ4v) is 3.54. The molecule has 0 radical (unpaired) electrons. The van der Waals surface area contributed by atoms with Crippen LogP contribution in [0.4, 0.5) is 13.2 Å². The molecule has 0 saturated carbocycles. The van der Waals surface area contributed by atoms with Crippen LogP contribution >= 0.6 is 0 Å². The Morgan fingerprint density at radius 3 is 2.44 bits per heavy atom. The minimum Gasteiger partial charge on any atom is -0.489 e. The highest BCUT2D eigenvalue weighted by Crippen LogP contribution is 2.31. The van der Waals surface area contributed by atoms with E-state index in [0.29, 0.717) is 24.5 Å². The van der Waals surface area contributed by atoms with Gasteiger partial charge in [-0.1, -0.05) is 30.3 Å². The highest BCUT2D eigenvalue weighted by molar-refractivity contribution is 5.82. The zero-order chi connectivity index (χ0) is 22.7. The van der Waals surface area contributed by atoms with Gasteiger partial charge >= 0.3 is 12.1 Å². The van der Waals surface area contributed by atoms with E-state index in [2.05, 4.69) is 0 Å². The van der Waals surface area contributed by atoms with Gasteiger partial charge in [0.25, 0.3) is 0 Å². The Morgan fingerprint density at radius 2 is 1.72 bits per heavy atom. The van der Waals surface area contributed by atoms with Crippen LogP contribution in [0, 0.1) is 0 Å². The van der Waals surface area contributed by atoms with E-state index in [1.54, 1.807) is 0 Å². The third-order valence-electron chi connectivity index (χ3n) is 5.19. The number of fused-ring (bicyclic) bond motifs is 1. The van der Waals surface area contributed by atoms with Crippen molar-refractivity contribution in [1.29, 1.82) is 0 Å². The van der Waals surface area contributed by atoms with E-state index in [4.69, 9.17) is 9.84 Å². The zero-order valence-corrected chi connectivity index (χ0v) is 17.0. The monoisotopic (exact) mass is 439 g/mol. The number of nitrogens with zero attached hydrogens (tertiary/aromatic N) is 1. The average Bonchev–Trinajstić information content (AvgIpc) is 3.18. The molecule has 0 bridgehead atoms. The number of halogens is 3. The zero-order valence-electron chi connectivity index (χ0n) is 17.0. The maximum absolute atomic E-state index is 12.8. The van der Waals surface area contributed by atoms with Crippen molar-refractivity contribution in [2.24, 2.45) is 0 Å². The Balaban J connectivity index is 1.45. The molecule has 0 fully saturated rings. The second-order valence-electron chi connectivity index (χ2n) is 7.44. The smallest absolute Gasteiger partial charge is 0.416 e. The Bertz CT molecular complexity index is 1240. The molecule has 0 atom stereocenters. The molecule has 1 N–H and O–H groups in total. The number of benzene rings is 3. The molecule has 0 saturated heterocycles. The maximum atomic E-state index is 12.8. The third kappa shape index (κ3) is 4.94. The SMILES string of the molecule is O=C(O)CCn1ccc2cc(OCc3cccc(-c4ccc(C(F)(F)F)cc4)c3)ccc21. The molecule has 4 aromatic rings. The first-order valence-electron chi connectivity index (χ1n) is 10.00. The molecule has 164 valence electrons. The van der Waals surface area contributed by atoms with Gasteiger partial charge in [0, 0.05) is 23.6 Å². The summed E-state index contributed by atoms with van der Waals surface area (Å²) in [6.45, 7) is 0.704. The summed E-state index contributed by atoms with van der Waals surface area (Å²) >= 11 is 0. The summed E-state index contributed by atoms with van der Waals surface area (Å²) in [6.07, 6.45) is -2.45. The summed E-state index contributed by atoms with van der Waals surface area (Å²) in [5, 5.41) is 9.82. The van der Waals surface area contributed by atoms with E-state index in [-0.39, 0.29) is 6.42 Å². The number of aromatic nitrogens is 1. The Hall–Kier alpha value is -3.74. The average molecular weight is 439 g/mol. The van der Waals surface area contributed by atoms with Crippen LogP contribution < -0.4 is 4.74 Å². The van der Waals surface area contributed by atoms with Crippen molar-refractivity contribution in [2.75, 3.05) is 0 Å². The van der Waals surface area contributed by atoms with Crippen molar-refractivity contribution in [2.45, 2.75) is 25.7 Å². The predicted octanol–water partition coefficient (Wildman–Crippen LogP) is 6.38.